The van der Waals surface area contributed by atoms with Gasteiger partial charge in [0.1, 0.15) is 11.4 Å². The lowest BCUT2D eigenvalue weighted by atomic mass is 10.2. The fraction of sp³-hybridized carbons (Fsp3) is 0.286. The Kier molecular flexibility index (Phi) is 3.55. The predicted molar refractivity (Wildman–Crippen MR) is 70.8 cm³/mol. The van der Waals surface area contributed by atoms with Gasteiger partial charge in [0.15, 0.2) is 0 Å². The first-order chi connectivity index (χ1) is 8.99. The smallest absolute Gasteiger partial charge is 0.354 e. The van der Waals surface area contributed by atoms with E-state index in [0.29, 0.717) is 5.75 Å². The molecule has 2 aromatic rings. The van der Waals surface area contributed by atoms with Crippen molar-refractivity contribution < 1.29 is 14.6 Å². The molecule has 1 aromatic carbocycles. The van der Waals surface area contributed by atoms with Gasteiger partial charge in [-0.1, -0.05) is 12.1 Å². The molecule has 5 nitrogen and oxygen atoms in total. The summed E-state index contributed by atoms with van der Waals surface area (Å²) < 4.78 is 7.23. The van der Waals surface area contributed by atoms with Crippen LogP contribution in [0.2, 0.25) is 0 Å². The third-order valence-electron chi connectivity index (χ3n) is 2.70. The summed E-state index contributed by atoms with van der Waals surface area (Å²) in [6.45, 7) is 5.74. The van der Waals surface area contributed by atoms with Gasteiger partial charge in [-0.05, 0) is 38.5 Å². The van der Waals surface area contributed by atoms with Crippen LogP contribution in [0.15, 0.2) is 30.5 Å². The molecule has 0 atom stereocenters. The molecule has 5 heteroatoms. The summed E-state index contributed by atoms with van der Waals surface area (Å²) in [5.41, 5.74) is 1.19. The zero-order valence-corrected chi connectivity index (χ0v) is 11.1. The lowest BCUT2D eigenvalue weighted by Gasteiger charge is -2.13. The average Bonchev–Trinajstić information content (AvgIpc) is 2.73. The van der Waals surface area contributed by atoms with E-state index in [9.17, 15) is 4.79 Å². The summed E-state index contributed by atoms with van der Waals surface area (Å²) in [5.74, 6) is -0.371. The largest absolute Gasteiger partial charge is 0.477 e. The molecule has 0 amide bonds. The van der Waals surface area contributed by atoms with Gasteiger partial charge in [0.05, 0.1) is 6.20 Å². The molecular formula is C14H16N2O3. The molecule has 0 saturated carbocycles. The molecule has 1 aromatic heterocycles. The number of ether oxygens (including phenoxy) is 1. The summed E-state index contributed by atoms with van der Waals surface area (Å²) in [6, 6.07) is 7.77. The Morgan fingerprint density at radius 3 is 2.74 bits per heavy atom. The van der Waals surface area contributed by atoms with Crippen molar-refractivity contribution in [3.63, 3.8) is 0 Å². The van der Waals surface area contributed by atoms with E-state index >= 15 is 0 Å². The highest BCUT2D eigenvalue weighted by molar-refractivity contribution is 5.85. The topological polar surface area (TPSA) is 64.3 Å². The second-order valence-electron chi connectivity index (χ2n) is 4.61. The number of aromatic carboxylic acids is 1. The molecule has 0 saturated heterocycles. The molecule has 100 valence electrons. The number of hydrogen-bond acceptors (Lipinski definition) is 3. The van der Waals surface area contributed by atoms with E-state index in [0.717, 1.165) is 5.56 Å². The van der Waals surface area contributed by atoms with Crippen LogP contribution in [0.4, 0.5) is 0 Å². The van der Waals surface area contributed by atoms with Crippen molar-refractivity contribution in [1.29, 1.82) is 0 Å². The maximum Gasteiger partial charge on any atom is 0.354 e. The van der Waals surface area contributed by atoms with Crippen molar-refractivity contribution in [3.05, 3.63) is 41.7 Å². The third kappa shape index (κ3) is 2.76. The monoisotopic (exact) mass is 260 g/mol. The van der Waals surface area contributed by atoms with Gasteiger partial charge in [-0.25, -0.2) is 9.78 Å². The number of imidazole rings is 1. The Morgan fingerprint density at radius 2 is 2.16 bits per heavy atom. The van der Waals surface area contributed by atoms with Gasteiger partial charge in [-0.3, -0.25) is 4.57 Å². The van der Waals surface area contributed by atoms with E-state index < -0.39 is 5.97 Å². The van der Waals surface area contributed by atoms with Gasteiger partial charge in [0, 0.05) is 6.04 Å². The first-order valence-corrected chi connectivity index (χ1v) is 6.04. The van der Waals surface area contributed by atoms with Crippen molar-refractivity contribution in [2.24, 2.45) is 0 Å². The van der Waals surface area contributed by atoms with Crippen LogP contribution in [0.25, 0.3) is 0 Å². The van der Waals surface area contributed by atoms with Gasteiger partial charge < -0.3 is 9.84 Å². The third-order valence-corrected chi connectivity index (χ3v) is 2.70. The van der Waals surface area contributed by atoms with Crippen LogP contribution in [0.5, 0.6) is 11.8 Å². The van der Waals surface area contributed by atoms with Crippen molar-refractivity contribution in [2.45, 2.75) is 26.8 Å². The predicted octanol–water partition coefficient (Wildman–Crippen LogP) is 3.26. The molecule has 1 heterocycles. The second-order valence-corrected chi connectivity index (χ2v) is 4.61. The quantitative estimate of drug-likeness (QED) is 0.916. The van der Waals surface area contributed by atoms with Gasteiger partial charge in [0.25, 0.3) is 0 Å². The number of rotatable bonds is 4. The Hall–Kier alpha value is -2.30. The highest BCUT2D eigenvalue weighted by Gasteiger charge is 2.19. The van der Waals surface area contributed by atoms with Gasteiger partial charge in [-0.15, -0.1) is 0 Å². The summed E-state index contributed by atoms with van der Waals surface area (Å²) in [4.78, 5) is 15.2. The van der Waals surface area contributed by atoms with E-state index in [1.54, 1.807) is 4.57 Å². The number of carboxylic acids is 1. The summed E-state index contributed by atoms with van der Waals surface area (Å²) in [7, 11) is 0. The number of carbonyl (C=O) groups is 1. The zero-order chi connectivity index (χ0) is 14.0. The van der Waals surface area contributed by atoms with E-state index in [-0.39, 0.29) is 17.7 Å². The maximum atomic E-state index is 11.1. The Morgan fingerprint density at radius 1 is 1.42 bits per heavy atom. The molecular weight excluding hydrogens is 244 g/mol. The highest BCUT2D eigenvalue weighted by Crippen LogP contribution is 2.25. The van der Waals surface area contributed by atoms with Crippen LogP contribution >= 0.6 is 0 Å². The van der Waals surface area contributed by atoms with Crippen LogP contribution in [0.3, 0.4) is 0 Å². The van der Waals surface area contributed by atoms with Crippen LogP contribution < -0.4 is 4.74 Å². The standard InChI is InChI=1S/C14H16N2O3/c1-9(2)16-12(13(17)18)8-15-14(16)19-11-6-4-5-10(3)7-11/h4-9H,1-3H3,(H,17,18). The molecule has 1 N–H and O–H groups in total. The molecule has 0 spiro atoms. The Labute approximate surface area is 111 Å². The lowest BCUT2D eigenvalue weighted by molar-refractivity contribution is 0.0682. The number of aryl methyl sites for hydroxylation is 1. The summed E-state index contributed by atoms with van der Waals surface area (Å²) in [6.07, 6.45) is 1.31. The first-order valence-electron chi connectivity index (χ1n) is 6.04. The number of benzene rings is 1. The second kappa shape index (κ2) is 5.14. The molecule has 0 unspecified atom stereocenters. The maximum absolute atomic E-state index is 11.1. The first kappa shape index (κ1) is 13.1. The summed E-state index contributed by atoms with van der Waals surface area (Å²) >= 11 is 0. The van der Waals surface area contributed by atoms with Crippen molar-refractivity contribution >= 4 is 5.97 Å². The van der Waals surface area contributed by atoms with Crippen molar-refractivity contribution in [2.75, 3.05) is 0 Å². The minimum atomic E-state index is -1.01. The van der Waals surface area contributed by atoms with Crippen molar-refractivity contribution in [1.82, 2.24) is 9.55 Å². The number of hydrogen-bond donors (Lipinski definition) is 1. The van der Waals surface area contributed by atoms with Gasteiger partial charge in [-0.2, -0.15) is 0 Å². The Bertz CT molecular complexity index is 602. The van der Waals surface area contributed by atoms with Gasteiger partial charge >= 0.3 is 12.0 Å². The fourth-order valence-electron chi connectivity index (χ4n) is 1.86. The lowest BCUT2D eigenvalue weighted by Crippen LogP contribution is -2.11. The molecule has 0 radical (unpaired) electrons. The number of carboxylic acid groups (broad SMARTS) is 1. The SMILES string of the molecule is Cc1cccc(Oc2ncc(C(=O)O)n2C(C)C)c1. The zero-order valence-electron chi connectivity index (χ0n) is 11.1. The molecule has 19 heavy (non-hydrogen) atoms. The molecule has 0 aliphatic heterocycles. The highest BCUT2D eigenvalue weighted by atomic mass is 16.5. The number of nitrogens with zero attached hydrogens (tertiary/aromatic N) is 2. The van der Waals surface area contributed by atoms with Crippen LogP contribution in [0, 0.1) is 6.92 Å². The average molecular weight is 260 g/mol. The van der Waals surface area contributed by atoms with E-state index in [2.05, 4.69) is 4.98 Å². The molecule has 0 aliphatic carbocycles. The summed E-state index contributed by atoms with van der Waals surface area (Å²) in [5, 5.41) is 9.12. The van der Waals surface area contributed by atoms with E-state index in [4.69, 9.17) is 9.84 Å². The van der Waals surface area contributed by atoms with Gasteiger partial charge in [0.2, 0.25) is 0 Å². The van der Waals surface area contributed by atoms with E-state index in [1.807, 2.05) is 45.0 Å². The van der Waals surface area contributed by atoms with Crippen LogP contribution in [-0.4, -0.2) is 20.6 Å². The Balaban J connectivity index is 2.38. The fourth-order valence-corrected chi connectivity index (χ4v) is 1.86. The van der Waals surface area contributed by atoms with Crippen LogP contribution in [-0.2, 0) is 0 Å². The van der Waals surface area contributed by atoms with Crippen molar-refractivity contribution in [3.8, 4) is 11.8 Å². The molecule has 0 aliphatic rings. The minimum Gasteiger partial charge on any atom is -0.477 e. The molecule has 0 bridgehead atoms. The molecule has 2 rings (SSSR count). The number of aromatic nitrogens is 2. The van der Waals surface area contributed by atoms with E-state index in [1.165, 1.54) is 6.20 Å². The minimum absolute atomic E-state index is 0.0478. The van der Waals surface area contributed by atoms with Crippen LogP contribution in [0.1, 0.15) is 35.9 Å². The molecule has 0 fully saturated rings. The normalized spacial score (nSPS) is 10.7.